The number of nitrogens with zero attached hydrogens (tertiary/aromatic N) is 1. The average Bonchev–Trinajstić information content (AvgIpc) is 2.72. The molecule has 2 aromatic rings. The van der Waals surface area contributed by atoms with Crippen molar-refractivity contribution in [3.8, 4) is 5.75 Å². The first-order chi connectivity index (χ1) is 13.2. The van der Waals surface area contributed by atoms with Crippen LogP contribution in [-0.2, 0) is 13.1 Å². The number of guanidine groups is 1. The minimum atomic E-state index is -0.0932. The van der Waals surface area contributed by atoms with E-state index in [1.54, 1.807) is 32.3 Å². The minimum Gasteiger partial charge on any atom is -0.489 e. The summed E-state index contributed by atoms with van der Waals surface area (Å²) >= 11 is 0. The third kappa shape index (κ3) is 6.18. The molecule has 0 aromatic heterocycles. The summed E-state index contributed by atoms with van der Waals surface area (Å²) in [6, 6.07) is 15.3. The number of hydrogen-bond donors (Lipinski definition) is 3. The highest BCUT2D eigenvalue weighted by atomic mass is 16.5. The zero-order valence-corrected chi connectivity index (χ0v) is 15.8. The minimum absolute atomic E-state index is 0.0932. The van der Waals surface area contributed by atoms with Crippen LogP contribution in [0, 0.1) is 0 Å². The largest absolute Gasteiger partial charge is 0.489 e. The molecule has 0 saturated carbocycles. The molecule has 0 radical (unpaired) electrons. The Labute approximate surface area is 160 Å². The summed E-state index contributed by atoms with van der Waals surface area (Å²) in [6.07, 6.45) is 1.72. The molecular weight excluding hydrogens is 340 g/mol. The third-order valence-electron chi connectivity index (χ3n) is 3.90. The number of carbonyl (C=O) groups excluding carboxylic acids is 1. The van der Waals surface area contributed by atoms with E-state index in [0.29, 0.717) is 31.2 Å². The van der Waals surface area contributed by atoms with Crippen molar-refractivity contribution in [2.24, 2.45) is 4.99 Å². The van der Waals surface area contributed by atoms with E-state index in [2.05, 4.69) is 27.5 Å². The number of hydrogen-bond acceptors (Lipinski definition) is 3. The summed E-state index contributed by atoms with van der Waals surface area (Å²) < 4.78 is 5.67. The standard InChI is InChI=1S/C21H26N4O2/c1-4-13-27-19-8-6-5-7-18(19)15-25-21(23-3)24-14-16-9-11-17(12-10-16)20(26)22-2/h4-12H,1,13-15H2,2-3H3,(H,22,26)(H2,23,24,25). The van der Waals surface area contributed by atoms with E-state index in [-0.39, 0.29) is 5.91 Å². The number of nitrogens with one attached hydrogen (secondary N) is 3. The summed E-state index contributed by atoms with van der Waals surface area (Å²) in [5, 5.41) is 9.15. The highest BCUT2D eigenvalue weighted by Gasteiger charge is 2.05. The summed E-state index contributed by atoms with van der Waals surface area (Å²) in [4.78, 5) is 15.8. The topological polar surface area (TPSA) is 74.8 Å². The number of carbonyl (C=O) groups is 1. The third-order valence-corrected chi connectivity index (χ3v) is 3.90. The Kier molecular flexibility index (Phi) is 7.91. The second-order valence-corrected chi connectivity index (χ2v) is 5.76. The quantitative estimate of drug-likeness (QED) is 0.381. The number of aliphatic imine (C=N–C) groups is 1. The normalized spacial score (nSPS) is 10.8. The van der Waals surface area contributed by atoms with Gasteiger partial charge in [0.1, 0.15) is 12.4 Å². The Hall–Kier alpha value is -3.28. The average molecular weight is 366 g/mol. The van der Waals surface area contributed by atoms with Crippen LogP contribution in [0.3, 0.4) is 0 Å². The number of ether oxygens (including phenoxy) is 1. The second-order valence-electron chi connectivity index (χ2n) is 5.76. The van der Waals surface area contributed by atoms with Gasteiger partial charge in [-0.25, -0.2) is 0 Å². The first kappa shape index (κ1) is 20.0. The summed E-state index contributed by atoms with van der Waals surface area (Å²) in [5.41, 5.74) is 2.73. The second kappa shape index (κ2) is 10.7. The molecule has 0 heterocycles. The molecule has 0 unspecified atom stereocenters. The molecule has 1 amide bonds. The first-order valence-corrected chi connectivity index (χ1v) is 8.75. The van der Waals surface area contributed by atoms with Crippen LogP contribution in [0.2, 0.25) is 0 Å². The Morgan fingerprint density at radius 1 is 1.11 bits per heavy atom. The van der Waals surface area contributed by atoms with Crippen LogP contribution in [0.1, 0.15) is 21.5 Å². The van der Waals surface area contributed by atoms with Crippen LogP contribution < -0.4 is 20.7 Å². The van der Waals surface area contributed by atoms with Crippen LogP contribution in [0.5, 0.6) is 5.75 Å². The molecule has 2 rings (SSSR count). The Morgan fingerprint density at radius 3 is 2.48 bits per heavy atom. The molecule has 3 N–H and O–H groups in total. The van der Waals surface area contributed by atoms with Gasteiger partial charge in [0, 0.05) is 38.3 Å². The fraction of sp³-hybridized carbons (Fsp3) is 0.238. The van der Waals surface area contributed by atoms with Crippen LogP contribution >= 0.6 is 0 Å². The Morgan fingerprint density at radius 2 is 1.81 bits per heavy atom. The van der Waals surface area contributed by atoms with Gasteiger partial charge in [0.25, 0.3) is 5.91 Å². The van der Waals surface area contributed by atoms with Crippen LogP contribution in [0.25, 0.3) is 0 Å². The van der Waals surface area contributed by atoms with E-state index in [1.165, 1.54) is 0 Å². The SMILES string of the molecule is C=CCOc1ccccc1CNC(=NC)NCc1ccc(C(=O)NC)cc1. The molecule has 27 heavy (non-hydrogen) atoms. The van der Waals surface area contributed by atoms with Crippen molar-refractivity contribution in [2.45, 2.75) is 13.1 Å². The number of amides is 1. The molecule has 6 heteroatoms. The van der Waals surface area contributed by atoms with Crippen molar-refractivity contribution in [1.82, 2.24) is 16.0 Å². The van der Waals surface area contributed by atoms with Gasteiger partial charge in [-0.1, -0.05) is 43.0 Å². The van der Waals surface area contributed by atoms with Crippen molar-refractivity contribution >= 4 is 11.9 Å². The van der Waals surface area contributed by atoms with Crippen LogP contribution in [0.15, 0.2) is 66.2 Å². The zero-order valence-electron chi connectivity index (χ0n) is 15.8. The highest BCUT2D eigenvalue weighted by molar-refractivity contribution is 5.93. The van der Waals surface area contributed by atoms with E-state index in [0.717, 1.165) is 16.9 Å². The fourth-order valence-electron chi connectivity index (χ4n) is 2.44. The first-order valence-electron chi connectivity index (χ1n) is 8.75. The van der Waals surface area contributed by atoms with Crippen molar-refractivity contribution in [3.05, 3.63) is 77.9 Å². The lowest BCUT2D eigenvalue weighted by Gasteiger charge is -2.14. The fourth-order valence-corrected chi connectivity index (χ4v) is 2.44. The highest BCUT2D eigenvalue weighted by Crippen LogP contribution is 2.17. The molecular formula is C21H26N4O2. The van der Waals surface area contributed by atoms with Gasteiger partial charge in [-0.3, -0.25) is 9.79 Å². The maximum Gasteiger partial charge on any atom is 0.251 e. The van der Waals surface area contributed by atoms with E-state index in [9.17, 15) is 4.79 Å². The van der Waals surface area contributed by atoms with Crippen molar-refractivity contribution in [1.29, 1.82) is 0 Å². The Bertz CT molecular complexity index is 785. The van der Waals surface area contributed by atoms with Gasteiger partial charge in [0.2, 0.25) is 0 Å². The molecule has 0 aliphatic heterocycles. The molecule has 0 bridgehead atoms. The molecule has 142 valence electrons. The van der Waals surface area contributed by atoms with Gasteiger partial charge in [0.15, 0.2) is 5.96 Å². The lowest BCUT2D eigenvalue weighted by molar-refractivity contribution is 0.0963. The monoisotopic (exact) mass is 366 g/mol. The van der Waals surface area contributed by atoms with Gasteiger partial charge in [-0.05, 0) is 23.8 Å². The number of benzene rings is 2. The maximum absolute atomic E-state index is 11.6. The van der Waals surface area contributed by atoms with Gasteiger partial charge >= 0.3 is 0 Å². The zero-order chi connectivity index (χ0) is 19.5. The molecule has 0 atom stereocenters. The lowest BCUT2D eigenvalue weighted by Crippen LogP contribution is -2.36. The van der Waals surface area contributed by atoms with Gasteiger partial charge in [-0.2, -0.15) is 0 Å². The number of rotatable bonds is 8. The molecule has 2 aromatic carbocycles. The predicted octanol–water partition coefficient (Wildman–Crippen LogP) is 2.48. The van der Waals surface area contributed by atoms with Gasteiger partial charge in [-0.15, -0.1) is 0 Å². The molecule has 0 spiro atoms. The summed E-state index contributed by atoms with van der Waals surface area (Å²) in [6.45, 7) is 5.33. The van der Waals surface area contributed by atoms with Gasteiger partial charge < -0.3 is 20.7 Å². The van der Waals surface area contributed by atoms with Crippen molar-refractivity contribution in [2.75, 3.05) is 20.7 Å². The summed E-state index contributed by atoms with van der Waals surface area (Å²) in [7, 11) is 3.35. The van der Waals surface area contributed by atoms with E-state index >= 15 is 0 Å². The van der Waals surface area contributed by atoms with Crippen molar-refractivity contribution in [3.63, 3.8) is 0 Å². The molecule has 0 aliphatic carbocycles. The molecule has 0 fully saturated rings. The summed E-state index contributed by atoms with van der Waals surface area (Å²) in [5.74, 6) is 1.42. The van der Waals surface area contributed by atoms with Crippen molar-refractivity contribution < 1.29 is 9.53 Å². The smallest absolute Gasteiger partial charge is 0.251 e. The number of para-hydroxylation sites is 1. The van der Waals surface area contributed by atoms with Crippen LogP contribution in [-0.4, -0.2) is 32.6 Å². The molecule has 6 nitrogen and oxygen atoms in total. The maximum atomic E-state index is 11.6. The van der Waals surface area contributed by atoms with E-state index in [4.69, 9.17) is 4.74 Å². The lowest BCUT2D eigenvalue weighted by atomic mass is 10.1. The van der Waals surface area contributed by atoms with E-state index in [1.807, 2.05) is 36.4 Å². The predicted molar refractivity (Wildman–Crippen MR) is 109 cm³/mol. The Balaban J connectivity index is 1.89. The molecule has 0 saturated heterocycles. The van der Waals surface area contributed by atoms with Gasteiger partial charge in [0.05, 0.1) is 0 Å². The molecule has 0 aliphatic rings. The van der Waals surface area contributed by atoms with Crippen LogP contribution in [0.4, 0.5) is 0 Å². The van der Waals surface area contributed by atoms with E-state index < -0.39 is 0 Å².